The van der Waals surface area contributed by atoms with Crippen molar-refractivity contribution in [3.8, 4) is 5.88 Å². The molecule has 1 aromatic rings. The van der Waals surface area contributed by atoms with E-state index in [1.54, 1.807) is 19.5 Å². The van der Waals surface area contributed by atoms with Gasteiger partial charge in [-0.1, -0.05) is 6.92 Å². The van der Waals surface area contributed by atoms with Crippen LogP contribution in [0.25, 0.3) is 0 Å². The van der Waals surface area contributed by atoms with E-state index >= 15 is 0 Å². The number of nitrogens with one attached hydrogen (secondary N) is 1. The summed E-state index contributed by atoms with van der Waals surface area (Å²) in [5, 5.41) is 0. The fourth-order valence-electron chi connectivity index (χ4n) is 2.08. The first kappa shape index (κ1) is 11.3. The van der Waals surface area contributed by atoms with Crippen LogP contribution in [0.2, 0.25) is 0 Å². The monoisotopic (exact) mass is 222 g/mol. The van der Waals surface area contributed by atoms with Gasteiger partial charge in [0.05, 0.1) is 13.2 Å². The second-order valence-corrected chi connectivity index (χ2v) is 4.29. The third kappa shape index (κ3) is 2.15. The normalized spacial score (nSPS) is 19.2. The van der Waals surface area contributed by atoms with E-state index in [2.05, 4.69) is 22.3 Å². The van der Waals surface area contributed by atoms with Crippen molar-refractivity contribution in [3.05, 3.63) is 18.1 Å². The van der Waals surface area contributed by atoms with Gasteiger partial charge < -0.3 is 4.74 Å². The van der Waals surface area contributed by atoms with Gasteiger partial charge in [0.15, 0.2) is 0 Å². The molecule has 0 amide bonds. The van der Waals surface area contributed by atoms with Crippen LogP contribution >= 0.6 is 0 Å². The number of ether oxygens (including phenoxy) is 1. The van der Waals surface area contributed by atoms with E-state index in [1.807, 2.05) is 0 Å². The predicted molar refractivity (Wildman–Crippen MR) is 60.5 cm³/mol. The molecule has 1 saturated carbocycles. The van der Waals surface area contributed by atoms with Gasteiger partial charge in [-0.05, 0) is 24.7 Å². The summed E-state index contributed by atoms with van der Waals surface area (Å²) in [7, 11) is 1.60. The second kappa shape index (κ2) is 4.76. The van der Waals surface area contributed by atoms with Crippen molar-refractivity contribution >= 4 is 0 Å². The van der Waals surface area contributed by atoms with Crippen molar-refractivity contribution in [2.45, 2.75) is 25.8 Å². The van der Waals surface area contributed by atoms with Crippen LogP contribution in [0, 0.1) is 11.8 Å². The Kier molecular flexibility index (Phi) is 3.36. The second-order valence-electron chi connectivity index (χ2n) is 4.29. The molecule has 0 saturated heterocycles. The van der Waals surface area contributed by atoms with Crippen LogP contribution in [0.3, 0.4) is 0 Å². The van der Waals surface area contributed by atoms with Crippen molar-refractivity contribution < 1.29 is 4.74 Å². The van der Waals surface area contributed by atoms with E-state index in [1.165, 1.54) is 12.8 Å². The summed E-state index contributed by atoms with van der Waals surface area (Å²) in [6.07, 6.45) is 5.85. The zero-order chi connectivity index (χ0) is 11.5. The molecule has 3 N–H and O–H groups in total. The number of rotatable bonds is 5. The van der Waals surface area contributed by atoms with E-state index in [-0.39, 0.29) is 6.04 Å². The van der Waals surface area contributed by atoms with Crippen molar-refractivity contribution in [2.24, 2.45) is 17.7 Å². The molecule has 88 valence electrons. The molecule has 0 aromatic carbocycles. The van der Waals surface area contributed by atoms with Gasteiger partial charge in [0.1, 0.15) is 5.69 Å². The molecule has 1 fully saturated rings. The summed E-state index contributed by atoms with van der Waals surface area (Å²) in [5.41, 5.74) is 3.63. The third-order valence-corrected chi connectivity index (χ3v) is 3.25. The maximum absolute atomic E-state index is 5.62. The average Bonchev–Trinajstić information content (AvgIpc) is 3.14. The summed E-state index contributed by atoms with van der Waals surface area (Å²) in [4.78, 5) is 8.47. The standard InChI is InChI=1S/C11H18N4O/c1-7(8-3-4-8)9(15-12)10-11(16-2)14-6-5-13-10/h5-9,15H,3-4,12H2,1-2H3. The van der Waals surface area contributed by atoms with Crippen molar-refractivity contribution in [1.82, 2.24) is 15.4 Å². The molecular formula is C11H18N4O. The van der Waals surface area contributed by atoms with Crippen LogP contribution in [-0.4, -0.2) is 17.1 Å². The molecule has 1 aromatic heterocycles. The van der Waals surface area contributed by atoms with Gasteiger partial charge in [0.25, 0.3) is 0 Å². The lowest BCUT2D eigenvalue weighted by atomic mass is 9.94. The predicted octanol–water partition coefficient (Wildman–Crippen LogP) is 1.04. The van der Waals surface area contributed by atoms with Gasteiger partial charge >= 0.3 is 0 Å². The minimum absolute atomic E-state index is 0.0103. The van der Waals surface area contributed by atoms with Crippen molar-refractivity contribution in [3.63, 3.8) is 0 Å². The minimum Gasteiger partial charge on any atom is -0.480 e. The number of hydrogen-bond donors (Lipinski definition) is 2. The lowest BCUT2D eigenvalue weighted by molar-refractivity contribution is 0.321. The van der Waals surface area contributed by atoms with Crippen LogP contribution in [0.4, 0.5) is 0 Å². The van der Waals surface area contributed by atoms with Crippen LogP contribution in [0.5, 0.6) is 5.88 Å². The summed E-state index contributed by atoms with van der Waals surface area (Å²) in [5.74, 6) is 7.37. The molecule has 5 nitrogen and oxygen atoms in total. The molecule has 0 spiro atoms. The Morgan fingerprint density at radius 3 is 2.69 bits per heavy atom. The number of hydrogen-bond acceptors (Lipinski definition) is 5. The molecule has 2 rings (SSSR count). The van der Waals surface area contributed by atoms with E-state index < -0.39 is 0 Å². The molecule has 1 aliphatic carbocycles. The first-order chi connectivity index (χ1) is 7.77. The molecule has 1 heterocycles. The van der Waals surface area contributed by atoms with Gasteiger partial charge in [-0.3, -0.25) is 16.3 Å². The lowest BCUT2D eigenvalue weighted by Gasteiger charge is -2.23. The van der Waals surface area contributed by atoms with Crippen LogP contribution in [0.1, 0.15) is 31.5 Å². The Labute approximate surface area is 95.4 Å². The number of methoxy groups -OCH3 is 1. The number of hydrazine groups is 1. The minimum atomic E-state index is 0.0103. The molecule has 2 atom stereocenters. The van der Waals surface area contributed by atoms with Crippen LogP contribution in [0.15, 0.2) is 12.4 Å². The smallest absolute Gasteiger partial charge is 0.237 e. The quantitative estimate of drug-likeness (QED) is 0.575. The molecule has 1 aliphatic rings. The molecule has 0 bridgehead atoms. The van der Waals surface area contributed by atoms with Gasteiger partial charge in [0.2, 0.25) is 5.88 Å². The third-order valence-electron chi connectivity index (χ3n) is 3.25. The zero-order valence-electron chi connectivity index (χ0n) is 9.68. The zero-order valence-corrected chi connectivity index (χ0v) is 9.68. The molecular weight excluding hydrogens is 204 g/mol. The van der Waals surface area contributed by atoms with Crippen LogP contribution in [-0.2, 0) is 0 Å². The highest BCUT2D eigenvalue weighted by Crippen LogP contribution is 2.43. The Balaban J connectivity index is 2.24. The maximum atomic E-state index is 5.62. The molecule has 16 heavy (non-hydrogen) atoms. The van der Waals surface area contributed by atoms with Gasteiger partial charge in [0, 0.05) is 12.4 Å². The van der Waals surface area contributed by atoms with E-state index in [0.717, 1.165) is 11.6 Å². The first-order valence-corrected chi connectivity index (χ1v) is 5.59. The number of nitrogens with two attached hydrogens (primary N) is 1. The fourth-order valence-corrected chi connectivity index (χ4v) is 2.08. The maximum Gasteiger partial charge on any atom is 0.237 e. The summed E-state index contributed by atoms with van der Waals surface area (Å²) in [6.45, 7) is 2.19. The highest BCUT2D eigenvalue weighted by atomic mass is 16.5. The molecule has 5 heteroatoms. The SMILES string of the molecule is COc1nccnc1C(NN)C(C)C1CC1. The molecule has 0 aliphatic heterocycles. The summed E-state index contributed by atoms with van der Waals surface area (Å²) < 4.78 is 5.21. The number of nitrogens with zero attached hydrogens (tertiary/aromatic N) is 2. The highest BCUT2D eigenvalue weighted by Gasteiger charge is 2.35. The van der Waals surface area contributed by atoms with Gasteiger partial charge in [-0.25, -0.2) is 4.98 Å². The first-order valence-electron chi connectivity index (χ1n) is 5.59. The lowest BCUT2D eigenvalue weighted by Crippen LogP contribution is -2.34. The Bertz CT molecular complexity index is 354. The summed E-state index contributed by atoms with van der Waals surface area (Å²) in [6, 6.07) is 0.0103. The van der Waals surface area contributed by atoms with E-state index in [0.29, 0.717) is 11.8 Å². The Hall–Kier alpha value is -1.20. The molecule has 2 unspecified atom stereocenters. The van der Waals surface area contributed by atoms with Gasteiger partial charge in [-0.2, -0.15) is 0 Å². The van der Waals surface area contributed by atoms with Crippen molar-refractivity contribution in [2.75, 3.05) is 7.11 Å². The van der Waals surface area contributed by atoms with Crippen molar-refractivity contribution in [1.29, 1.82) is 0 Å². The van der Waals surface area contributed by atoms with Gasteiger partial charge in [-0.15, -0.1) is 0 Å². The number of aromatic nitrogens is 2. The Morgan fingerprint density at radius 2 is 2.12 bits per heavy atom. The fraction of sp³-hybridized carbons (Fsp3) is 0.636. The summed E-state index contributed by atoms with van der Waals surface area (Å²) >= 11 is 0. The largest absolute Gasteiger partial charge is 0.480 e. The topological polar surface area (TPSA) is 73.1 Å². The average molecular weight is 222 g/mol. The Morgan fingerprint density at radius 1 is 1.44 bits per heavy atom. The van der Waals surface area contributed by atoms with Crippen LogP contribution < -0.4 is 16.0 Å². The van der Waals surface area contributed by atoms with E-state index in [9.17, 15) is 0 Å². The highest BCUT2D eigenvalue weighted by molar-refractivity contribution is 5.22. The van der Waals surface area contributed by atoms with E-state index in [4.69, 9.17) is 10.6 Å². The molecule has 0 radical (unpaired) electrons.